The molecular formula is C57H60N6O6. The van der Waals surface area contributed by atoms with Gasteiger partial charge in [0, 0.05) is 70.3 Å². The van der Waals surface area contributed by atoms with E-state index in [1.807, 2.05) is 163 Å². The molecule has 0 saturated carbocycles. The summed E-state index contributed by atoms with van der Waals surface area (Å²) in [5.41, 5.74) is 4.57. The van der Waals surface area contributed by atoms with Crippen LogP contribution in [0.25, 0.3) is 22.3 Å². The van der Waals surface area contributed by atoms with Gasteiger partial charge >= 0.3 is 12.2 Å². The summed E-state index contributed by atoms with van der Waals surface area (Å²) in [6, 6.07) is 46.5. The van der Waals surface area contributed by atoms with Crippen molar-refractivity contribution in [3.63, 3.8) is 0 Å². The fourth-order valence-electron chi connectivity index (χ4n) is 9.51. The minimum atomic E-state index is -0.832. The molecule has 0 unspecified atom stereocenters. The van der Waals surface area contributed by atoms with Crippen LogP contribution in [0.1, 0.15) is 102 Å². The molecule has 4 atom stereocenters. The van der Waals surface area contributed by atoms with Crippen LogP contribution in [0, 0.1) is 33.5 Å². The predicted octanol–water partition coefficient (Wildman–Crippen LogP) is 11.6. The van der Waals surface area contributed by atoms with Gasteiger partial charge in [0.2, 0.25) is 11.1 Å². The van der Waals surface area contributed by atoms with Crippen LogP contribution in [0.2, 0.25) is 0 Å². The van der Waals surface area contributed by atoms with Crippen molar-refractivity contribution in [3.05, 3.63) is 189 Å². The smallest absolute Gasteiger partial charge is 0.411 e. The Morgan fingerprint density at radius 2 is 0.986 bits per heavy atom. The van der Waals surface area contributed by atoms with Crippen LogP contribution >= 0.6 is 0 Å². The summed E-state index contributed by atoms with van der Waals surface area (Å²) >= 11 is 0. The molecule has 1 N–H and O–H groups in total. The lowest BCUT2D eigenvalue weighted by molar-refractivity contribution is -0.0777. The molecule has 0 radical (unpaired) electrons. The van der Waals surface area contributed by atoms with Gasteiger partial charge in [-0.2, -0.15) is 10.5 Å². The lowest BCUT2D eigenvalue weighted by Gasteiger charge is -2.45. The monoisotopic (exact) mass is 924 g/mol. The number of carbonyl (C=O) groups is 2. The Hall–Kier alpha value is -7.70. The number of ether oxygens (including phenoxy) is 2. The number of aryl methyl sites for hydroxylation is 1. The highest BCUT2D eigenvalue weighted by Crippen LogP contribution is 2.46. The van der Waals surface area contributed by atoms with Gasteiger partial charge in [-0.1, -0.05) is 109 Å². The number of aromatic amines is 1. The number of nitriles is 2. The number of aromatic nitrogens is 2. The third-order valence-corrected chi connectivity index (χ3v) is 13.5. The van der Waals surface area contributed by atoms with Crippen LogP contribution in [0.5, 0.6) is 0 Å². The van der Waals surface area contributed by atoms with E-state index in [0.717, 1.165) is 44.5 Å². The van der Waals surface area contributed by atoms with Crippen LogP contribution in [0.3, 0.4) is 0 Å². The Bertz CT molecular complexity index is 2950. The van der Waals surface area contributed by atoms with Gasteiger partial charge in [0.25, 0.3) is 0 Å². The topological polar surface area (TPSA) is 162 Å². The largest absolute Gasteiger partial charge is 0.438 e. The molecule has 2 aliphatic heterocycles. The fraction of sp³-hybridized carbons (Fsp3) is 0.333. The maximum absolute atomic E-state index is 13.3. The summed E-state index contributed by atoms with van der Waals surface area (Å²) in [4.78, 5) is 55.8. The Morgan fingerprint density at radius 3 is 1.36 bits per heavy atom. The van der Waals surface area contributed by atoms with Gasteiger partial charge in [-0.3, -0.25) is 9.59 Å². The van der Waals surface area contributed by atoms with E-state index < -0.39 is 22.0 Å². The van der Waals surface area contributed by atoms with Gasteiger partial charge in [0.15, 0.2) is 0 Å². The first-order valence-electron chi connectivity index (χ1n) is 23.4. The van der Waals surface area contributed by atoms with E-state index in [9.17, 15) is 29.7 Å². The number of nitrogens with zero attached hydrogens (tertiary/aromatic N) is 5. The van der Waals surface area contributed by atoms with E-state index in [2.05, 4.69) is 17.1 Å². The van der Waals surface area contributed by atoms with Gasteiger partial charge in [-0.25, -0.2) is 9.59 Å². The molecule has 2 aliphatic rings. The molecule has 0 bridgehead atoms. The molecule has 4 heterocycles. The highest BCUT2D eigenvalue weighted by Gasteiger charge is 2.48. The molecule has 2 fully saturated rings. The average molecular weight is 925 g/mol. The molecule has 354 valence electrons. The lowest BCUT2D eigenvalue weighted by Crippen LogP contribution is -2.50. The van der Waals surface area contributed by atoms with Crippen LogP contribution in [-0.2, 0) is 27.7 Å². The van der Waals surface area contributed by atoms with E-state index in [-0.39, 0.29) is 35.4 Å². The van der Waals surface area contributed by atoms with Gasteiger partial charge in [0.1, 0.15) is 11.2 Å². The maximum atomic E-state index is 13.3. The number of benzene rings is 4. The summed E-state index contributed by atoms with van der Waals surface area (Å²) in [5.74, 6) is 0. The van der Waals surface area contributed by atoms with Gasteiger partial charge in [0.05, 0.1) is 35.1 Å². The minimum Gasteiger partial charge on any atom is -0.438 e. The van der Waals surface area contributed by atoms with Crippen LogP contribution in [0.15, 0.2) is 155 Å². The minimum absolute atomic E-state index is 0.0488. The number of rotatable bonds is 12. The van der Waals surface area contributed by atoms with Crippen LogP contribution < -0.4 is 11.1 Å². The predicted molar refractivity (Wildman–Crippen MR) is 266 cm³/mol. The lowest BCUT2D eigenvalue weighted by atomic mass is 9.75. The normalized spacial score (nSPS) is 19.1. The van der Waals surface area contributed by atoms with E-state index in [1.54, 1.807) is 39.7 Å². The zero-order valence-electron chi connectivity index (χ0n) is 40.4. The summed E-state index contributed by atoms with van der Waals surface area (Å²) < 4.78 is 13.9. The van der Waals surface area contributed by atoms with E-state index in [4.69, 9.17) is 9.47 Å². The number of amides is 2. The maximum Gasteiger partial charge on any atom is 0.411 e. The quantitative estimate of drug-likeness (QED) is 0.127. The molecule has 12 nitrogen and oxygen atoms in total. The van der Waals surface area contributed by atoms with E-state index >= 15 is 0 Å². The van der Waals surface area contributed by atoms with Crippen LogP contribution in [-0.4, -0.2) is 44.6 Å². The number of nitrogens with one attached hydrogen (secondary N) is 1. The number of pyridine rings is 2. The first-order valence-corrected chi connectivity index (χ1v) is 23.4. The van der Waals surface area contributed by atoms with Gasteiger partial charge in [-0.05, 0) is 98.2 Å². The first-order chi connectivity index (χ1) is 32.9. The summed E-state index contributed by atoms with van der Waals surface area (Å²) in [6.45, 7) is 12.6. The Kier molecular flexibility index (Phi) is 14.5. The number of hydrogen-bond acceptors (Lipinski definition) is 8. The molecule has 2 aromatic heterocycles. The fourth-order valence-corrected chi connectivity index (χ4v) is 9.51. The molecule has 0 aliphatic carbocycles. The van der Waals surface area contributed by atoms with Crippen molar-refractivity contribution in [2.75, 3.05) is 13.1 Å². The molecule has 8 rings (SSSR count). The summed E-state index contributed by atoms with van der Waals surface area (Å²) in [7, 11) is 1.73. The van der Waals surface area contributed by atoms with Crippen molar-refractivity contribution in [1.82, 2.24) is 19.4 Å². The second-order valence-electron chi connectivity index (χ2n) is 19.6. The number of H-pyrrole nitrogens is 1. The third-order valence-electron chi connectivity index (χ3n) is 13.5. The first kappa shape index (κ1) is 49.2. The highest BCUT2D eigenvalue weighted by atomic mass is 16.6. The van der Waals surface area contributed by atoms with E-state index in [0.29, 0.717) is 38.8 Å². The average Bonchev–Trinajstić information content (AvgIpc) is 3.35. The number of carbonyl (C=O) groups excluding carboxylic acids is 2. The molecular weight excluding hydrogens is 865 g/mol. The molecule has 12 heteroatoms. The van der Waals surface area contributed by atoms with Gasteiger partial charge in [-0.15, -0.1) is 0 Å². The van der Waals surface area contributed by atoms with Crippen molar-refractivity contribution >= 4 is 12.2 Å². The van der Waals surface area contributed by atoms with E-state index in [1.165, 1.54) is 6.07 Å². The molecule has 69 heavy (non-hydrogen) atoms. The molecule has 2 amide bonds. The standard InChI is InChI=1S/C29H31N3O3.C28H29N3O3/c1-21(22-10-12-23(13-11-22)24-14-15-26(33)31(4)18-24)32-17-16-29(35-27(32)34,19-28(2,3)20-30)25-8-6-5-7-9-25;1-20(21-9-11-22(12-10-21)23-13-14-25(32)30-17-23)31-16-15-28(34-26(31)33,18-27(2,3)19-29)24-7-5-4-6-8-24/h5-15,18,21H,16-17,19H2,1-4H3;4-14,17,20H,15-16,18H2,1-3H3,(H,30,32)/t21-,29-;20-,28-/m00/s1. The number of hydrogen-bond donors (Lipinski definition) is 1. The zero-order valence-corrected chi connectivity index (χ0v) is 40.4. The van der Waals surface area contributed by atoms with Crippen molar-refractivity contribution in [2.24, 2.45) is 17.9 Å². The van der Waals surface area contributed by atoms with Gasteiger partial charge < -0.3 is 28.8 Å². The Labute approximate surface area is 404 Å². The second-order valence-corrected chi connectivity index (χ2v) is 19.6. The highest BCUT2D eigenvalue weighted by molar-refractivity contribution is 5.71. The third kappa shape index (κ3) is 11.2. The SMILES string of the molecule is C[C@@H](c1ccc(-c2ccc(=O)[nH]c2)cc1)N1CC[C@](CC(C)(C)C#N)(c2ccccc2)OC1=O.C[C@@H](c1ccc(-c2ccc(=O)n(C)c2)cc1)N1CC[C@](CC(C)(C)C#N)(c2ccccc2)OC1=O. The second kappa shape index (κ2) is 20.3. The summed E-state index contributed by atoms with van der Waals surface area (Å²) in [5, 5.41) is 19.3. The Balaban J connectivity index is 0.000000204. The van der Waals surface area contributed by atoms with Crippen molar-refractivity contribution < 1.29 is 19.1 Å². The van der Waals surface area contributed by atoms with Crippen molar-refractivity contribution in [3.8, 4) is 34.4 Å². The molecule has 2 saturated heterocycles. The molecule has 4 aromatic carbocycles. The Morgan fingerprint density at radius 1 is 0.580 bits per heavy atom. The molecule has 6 aromatic rings. The van der Waals surface area contributed by atoms with Crippen LogP contribution in [0.4, 0.5) is 9.59 Å². The van der Waals surface area contributed by atoms with Crippen molar-refractivity contribution in [1.29, 1.82) is 10.5 Å². The summed E-state index contributed by atoms with van der Waals surface area (Å²) in [6.07, 6.45) is 4.83. The number of cyclic esters (lactones) is 2. The van der Waals surface area contributed by atoms with Crippen molar-refractivity contribution in [2.45, 2.75) is 90.5 Å². The molecule has 0 spiro atoms. The zero-order chi connectivity index (χ0) is 49.6.